The van der Waals surface area contributed by atoms with Crippen molar-refractivity contribution < 1.29 is 9.59 Å². The summed E-state index contributed by atoms with van der Waals surface area (Å²) in [5.74, 6) is -0.469. The van der Waals surface area contributed by atoms with Crippen LogP contribution in [0.2, 0.25) is 5.02 Å². The van der Waals surface area contributed by atoms with Gasteiger partial charge in [0.25, 0.3) is 11.8 Å². The molecule has 0 saturated heterocycles. The molecular weight excluding hydrogens is 312 g/mol. The van der Waals surface area contributed by atoms with Crippen LogP contribution in [-0.2, 0) is 0 Å². The van der Waals surface area contributed by atoms with Crippen molar-refractivity contribution >= 4 is 29.1 Å². The van der Waals surface area contributed by atoms with Crippen molar-refractivity contribution in [3.05, 3.63) is 64.7 Å². The molecule has 0 unspecified atom stereocenters. The summed E-state index contributed by atoms with van der Waals surface area (Å²) in [7, 11) is 0. The van der Waals surface area contributed by atoms with Crippen molar-refractivity contribution in [1.82, 2.24) is 5.32 Å². The number of benzene rings is 2. The molecule has 0 heterocycles. The molecule has 120 valence electrons. The van der Waals surface area contributed by atoms with Gasteiger partial charge in [0.2, 0.25) is 0 Å². The molecule has 1 atom stereocenters. The lowest BCUT2D eigenvalue weighted by Crippen LogP contribution is -2.31. The lowest BCUT2D eigenvalue weighted by Gasteiger charge is -2.12. The number of halogens is 1. The third kappa shape index (κ3) is 4.57. The van der Waals surface area contributed by atoms with Gasteiger partial charge in [0.15, 0.2) is 0 Å². The molecule has 0 aliphatic rings. The molecule has 0 aliphatic carbocycles. The van der Waals surface area contributed by atoms with E-state index in [4.69, 9.17) is 11.6 Å². The number of anilines is 1. The lowest BCUT2D eigenvalue weighted by atomic mass is 10.1. The Bertz CT molecular complexity index is 716. The fraction of sp³-hybridized carbons (Fsp3) is 0.222. The van der Waals surface area contributed by atoms with Gasteiger partial charge in [0.1, 0.15) is 0 Å². The Kier molecular flexibility index (Phi) is 5.77. The zero-order valence-corrected chi connectivity index (χ0v) is 13.9. The van der Waals surface area contributed by atoms with E-state index >= 15 is 0 Å². The van der Waals surface area contributed by atoms with Gasteiger partial charge >= 0.3 is 0 Å². The highest BCUT2D eigenvalue weighted by atomic mass is 35.5. The third-order valence-corrected chi connectivity index (χ3v) is 3.82. The van der Waals surface area contributed by atoms with Gasteiger partial charge in [-0.25, -0.2) is 0 Å². The Morgan fingerprint density at radius 1 is 1.09 bits per heavy atom. The number of carbonyl (C=O) groups is 2. The first-order valence-corrected chi connectivity index (χ1v) is 7.86. The minimum Gasteiger partial charge on any atom is -0.350 e. The maximum absolute atomic E-state index is 12.2. The Balaban J connectivity index is 2.13. The molecule has 2 aromatic rings. The molecule has 2 rings (SSSR count). The van der Waals surface area contributed by atoms with E-state index in [0.29, 0.717) is 21.8 Å². The molecule has 0 bridgehead atoms. The van der Waals surface area contributed by atoms with E-state index in [-0.39, 0.29) is 17.9 Å². The molecule has 2 N–H and O–H groups in total. The number of amides is 2. The summed E-state index contributed by atoms with van der Waals surface area (Å²) in [5, 5.41) is 6.04. The molecule has 0 aliphatic heterocycles. The van der Waals surface area contributed by atoms with E-state index in [0.717, 1.165) is 6.42 Å². The predicted molar refractivity (Wildman–Crippen MR) is 93.1 cm³/mol. The van der Waals surface area contributed by atoms with Crippen LogP contribution in [0.3, 0.4) is 0 Å². The monoisotopic (exact) mass is 330 g/mol. The Morgan fingerprint density at radius 2 is 1.83 bits per heavy atom. The van der Waals surface area contributed by atoms with E-state index in [1.165, 1.54) is 0 Å². The molecule has 2 amide bonds. The first kappa shape index (κ1) is 17.0. The molecule has 0 fully saturated rings. The summed E-state index contributed by atoms with van der Waals surface area (Å²) in [5.41, 5.74) is 1.44. The van der Waals surface area contributed by atoms with Gasteiger partial charge in [-0.3, -0.25) is 9.59 Å². The van der Waals surface area contributed by atoms with Crippen molar-refractivity contribution in [3.63, 3.8) is 0 Å². The van der Waals surface area contributed by atoms with Crippen molar-refractivity contribution in [2.75, 3.05) is 5.32 Å². The van der Waals surface area contributed by atoms with Crippen LogP contribution in [0.1, 0.15) is 41.0 Å². The molecule has 5 heteroatoms. The van der Waals surface area contributed by atoms with Crippen molar-refractivity contribution in [3.8, 4) is 0 Å². The number of nitrogens with one attached hydrogen (secondary N) is 2. The maximum atomic E-state index is 12.2. The van der Waals surface area contributed by atoms with Gasteiger partial charge in [0.05, 0.1) is 10.6 Å². The average molecular weight is 331 g/mol. The van der Waals surface area contributed by atoms with Crippen LogP contribution in [0.4, 0.5) is 5.69 Å². The van der Waals surface area contributed by atoms with Crippen molar-refractivity contribution in [2.45, 2.75) is 26.3 Å². The summed E-state index contributed by atoms with van der Waals surface area (Å²) >= 11 is 6.02. The second kappa shape index (κ2) is 7.79. The Labute approximate surface area is 140 Å². The van der Waals surface area contributed by atoms with E-state index in [1.54, 1.807) is 48.5 Å². The second-order valence-corrected chi connectivity index (χ2v) is 5.70. The minimum absolute atomic E-state index is 0.101. The summed E-state index contributed by atoms with van der Waals surface area (Å²) < 4.78 is 0. The maximum Gasteiger partial charge on any atom is 0.257 e. The summed E-state index contributed by atoms with van der Waals surface area (Å²) in [6, 6.07) is 13.7. The van der Waals surface area contributed by atoms with Crippen LogP contribution in [0.5, 0.6) is 0 Å². The zero-order chi connectivity index (χ0) is 16.8. The molecule has 2 aromatic carbocycles. The van der Waals surface area contributed by atoms with E-state index in [2.05, 4.69) is 10.6 Å². The largest absolute Gasteiger partial charge is 0.350 e. The standard InChI is InChI=1S/C18H19ClN2O2/c1-3-12(2)20-17(22)13-7-6-8-14(11-13)21-18(23)15-9-4-5-10-16(15)19/h4-12H,3H2,1-2H3,(H,20,22)(H,21,23)/t12-/m1/s1. The molecular formula is C18H19ClN2O2. The highest BCUT2D eigenvalue weighted by Crippen LogP contribution is 2.18. The third-order valence-electron chi connectivity index (χ3n) is 3.49. The van der Waals surface area contributed by atoms with Crippen LogP contribution in [0, 0.1) is 0 Å². The van der Waals surface area contributed by atoms with Crippen LogP contribution in [0.15, 0.2) is 48.5 Å². The van der Waals surface area contributed by atoms with Gasteiger partial charge in [-0.2, -0.15) is 0 Å². The number of rotatable bonds is 5. The van der Waals surface area contributed by atoms with Gasteiger partial charge in [-0.15, -0.1) is 0 Å². The van der Waals surface area contributed by atoms with E-state index in [9.17, 15) is 9.59 Å². The SMILES string of the molecule is CC[C@@H](C)NC(=O)c1cccc(NC(=O)c2ccccc2Cl)c1. The van der Waals surface area contributed by atoms with Crippen LogP contribution < -0.4 is 10.6 Å². The summed E-state index contributed by atoms with van der Waals surface area (Å²) in [4.78, 5) is 24.4. The fourth-order valence-electron chi connectivity index (χ4n) is 1.99. The van der Waals surface area contributed by atoms with Gasteiger partial charge in [-0.1, -0.05) is 36.7 Å². The smallest absolute Gasteiger partial charge is 0.257 e. The quantitative estimate of drug-likeness (QED) is 0.866. The van der Waals surface area contributed by atoms with Crippen LogP contribution >= 0.6 is 11.6 Å². The molecule has 0 aromatic heterocycles. The molecule has 23 heavy (non-hydrogen) atoms. The normalized spacial score (nSPS) is 11.6. The van der Waals surface area contributed by atoms with Crippen LogP contribution in [0.25, 0.3) is 0 Å². The van der Waals surface area contributed by atoms with Gasteiger partial charge < -0.3 is 10.6 Å². The Morgan fingerprint density at radius 3 is 2.52 bits per heavy atom. The fourth-order valence-corrected chi connectivity index (χ4v) is 2.21. The minimum atomic E-state index is -0.310. The number of carbonyl (C=O) groups excluding carboxylic acids is 2. The first-order chi connectivity index (χ1) is 11.0. The van der Waals surface area contributed by atoms with Gasteiger partial charge in [-0.05, 0) is 43.7 Å². The Hall–Kier alpha value is -2.33. The summed E-state index contributed by atoms with van der Waals surface area (Å²) in [6.45, 7) is 3.95. The molecule has 0 saturated carbocycles. The van der Waals surface area contributed by atoms with Gasteiger partial charge in [0, 0.05) is 17.3 Å². The second-order valence-electron chi connectivity index (χ2n) is 5.30. The first-order valence-electron chi connectivity index (χ1n) is 7.48. The lowest BCUT2D eigenvalue weighted by molar-refractivity contribution is 0.0938. The summed E-state index contributed by atoms with van der Waals surface area (Å²) in [6.07, 6.45) is 0.856. The van der Waals surface area contributed by atoms with Crippen molar-refractivity contribution in [2.24, 2.45) is 0 Å². The van der Waals surface area contributed by atoms with E-state index in [1.807, 2.05) is 13.8 Å². The average Bonchev–Trinajstić information content (AvgIpc) is 2.55. The molecule has 0 spiro atoms. The number of hydrogen-bond donors (Lipinski definition) is 2. The predicted octanol–water partition coefficient (Wildman–Crippen LogP) is 4.12. The molecule has 0 radical (unpaired) electrons. The topological polar surface area (TPSA) is 58.2 Å². The van der Waals surface area contributed by atoms with Crippen molar-refractivity contribution in [1.29, 1.82) is 0 Å². The zero-order valence-electron chi connectivity index (χ0n) is 13.1. The highest BCUT2D eigenvalue weighted by Gasteiger charge is 2.12. The molecule has 4 nitrogen and oxygen atoms in total. The number of hydrogen-bond acceptors (Lipinski definition) is 2. The van der Waals surface area contributed by atoms with E-state index < -0.39 is 0 Å². The highest BCUT2D eigenvalue weighted by molar-refractivity contribution is 6.34. The van der Waals surface area contributed by atoms with Crippen LogP contribution in [-0.4, -0.2) is 17.9 Å².